The van der Waals surface area contributed by atoms with Crippen molar-refractivity contribution in [3.8, 4) is 0 Å². The number of hydrogen-bond donors (Lipinski definition) is 2. The van der Waals surface area contributed by atoms with Crippen molar-refractivity contribution in [2.45, 2.75) is 6.04 Å². The van der Waals surface area contributed by atoms with E-state index >= 15 is 0 Å². The lowest BCUT2D eigenvalue weighted by molar-refractivity contribution is -0.135. The molecule has 26 heavy (non-hydrogen) atoms. The van der Waals surface area contributed by atoms with Crippen LogP contribution in [0.3, 0.4) is 0 Å². The molecule has 0 radical (unpaired) electrons. The van der Waals surface area contributed by atoms with E-state index in [9.17, 15) is 4.79 Å². The van der Waals surface area contributed by atoms with Crippen LogP contribution in [-0.2, 0) is 4.79 Å². The van der Waals surface area contributed by atoms with E-state index in [1.54, 1.807) is 0 Å². The minimum atomic E-state index is -0.0740. The molecular formula is C20H23ClN4O. The second-order valence-corrected chi connectivity index (χ2v) is 7.25. The molecule has 2 atom stereocenters. The first-order valence-corrected chi connectivity index (χ1v) is 9.43. The molecule has 136 valence electrons. The predicted molar refractivity (Wildman–Crippen MR) is 104 cm³/mol. The number of halogens is 1. The summed E-state index contributed by atoms with van der Waals surface area (Å²) in [7, 11) is 0. The van der Waals surface area contributed by atoms with Crippen LogP contribution >= 0.6 is 11.6 Å². The number of piperazine rings is 1. The third-order valence-electron chi connectivity index (χ3n) is 5.22. The molecule has 1 amide bonds. The topological polar surface area (TPSA) is 47.6 Å². The molecule has 0 spiro atoms. The number of hydrogen-bond acceptors (Lipinski definition) is 4. The fraction of sp³-hybridized carbons (Fsp3) is 0.350. The number of rotatable bonds is 3. The number of carbonyl (C=O) groups excluding carboxylic acids is 1. The van der Waals surface area contributed by atoms with Crippen molar-refractivity contribution < 1.29 is 4.79 Å². The Kier molecular flexibility index (Phi) is 5.11. The quantitative estimate of drug-likeness (QED) is 0.871. The second kappa shape index (κ2) is 7.66. The minimum Gasteiger partial charge on any atom is -0.368 e. The normalized spacial score (nSPS) is 23.3. The lowest BCUT2D eigenvalue weighted by atomic mass is 9.93. The van der Waals surface area contributed by atoms with Gasteiger partial charge in [0.25, 0.3) is 0 Å². The highest BCUT2D eigenvalue weighted by molar-refractivity contribution is 6.30. The minimum absolute atomic E-state index is 0.0228. The number of nitrogens with one attached hydrogen (secondary N) is 2. The van der Waals surface area contributed by atoms with Crippen molar-refractivity contribution in [2.75, 3.05) is 37.6 Å². The fourth-order valence-corrected chi connectivity index (χ4v) is 3.98. The molecule has 2 heterocycles. The number of anilines is 1. The average molecular weight is 371 g/mol. The average Bonchev–Trinajstić information content (AvgIpc) is 3.18. The van der Waals surface area contributed by atoms with E-state index in [2.05, 4.69) is 34.0 Å². The number of benzene rings is 2. The standard InChI is InChI=1S/C20H23ClN4O/c21-16-7-4-8-17(13-16)24-9-11-25(12-10-24)20(26)18-14-22-23-19(18)15-5-2-1-3-6-15/h1-8,13,18-19,22-23H,9-12,14H2. The summed E-state index contributed by atoms with van der Waals surface area (Å²) in [6.45, 7) is 3.80. The summed E-state index contributed by atoms with van der Waals surface area (Å²) in [5, 5.41) is 0.745. The molecule has 6 heteroatoms. The zero-order valence-corrected chi connectivity index (χ0v) is 15.3. The lowest BCUT2D eigenvalue weighted by Crippen LogP contribution is -2.51. The largest absolute Gasteiger partial charge is 0.368 e. The monoisotopic (exact) mass is 370 g/mol. The molecule has 2 N–H and O–H groups in total. The maximum Gasteiger partial charge on any atom is 0.229 e. The Morgan fingerprint density at radius 3 is 2.50 bits per heavy atom. The molecule has 0 aliphatic carbocycles. The molecule has 2 saturated heterocycles. The molecule has 2 fully saturated rings. The van der Waals surface area contributed by atoms with Gasteiger partial charge in [0.15, 0.2) is 0 Å². The van der Waals surface area contributed by atoms with Crippen LogP contribution in [0.5, 0.6) is 0 Å². The summed E-state index contributed by atoms with van der Waals surface area (Å²) in [6.07, 6.45) is 0. The van der Waals surface area contributed by atoms with Crippen LogP contribution in [0.2, 0.25) is 5.02 Å². The molecule has 2 aliphatic rings. The smallest absolute Gasteiger partial charge is 0.229 e. The van der Waals surface area contributed by atoms with Gasteiger partial charge in [-0.2, -0.15) is 0 Å². The molecule has 4 rings (SSSR count). The van der Waals surface area contributed by atoms with Crippen LogP contribution in [0, 0.1) is 5.92 Å². The van der Waals surface area contributed by atoms with Gasteiger partial charge in [-0.3, -0.25) is 10.2 Å². The summed E-state index contributed by atoms with van der Waals surface area (Å²) in [6, 6.07) is 18.1. The molecule has 5 nitrogen and oxygen atoms in total. The van der Waals surface area contributed by atoms with Gasteiger partial charge in [-0.05, 0) is 23.8 Å². The molecule has 0 saturated carbocycles. The van der Waals surface area contributed by atoms with Crippen molar-refractivity contribution in [3.63, 3.8) is 0 Å². The summed E-state index contributed by atoms with van der Waals surface area (Å²) in [5.74, 6) is 0.150. The Hall–Kier alpha value is -2.08. The van der Waals surface area contributed by atoms with Crippen LogP contribution in [0.15, 0.2) is 54.6 Å². The van der Waals surface area contributed by atoms with Gasteiger partial charge in [0.1, 0.15) is 0 Å². The van der Waals surface area contributed by atoms with Crippen molar-refractivity contribution in [1.29, 1.82) is 0 Å². The summed E-state index contributed by atoms with van der Waals surface area (Å²) >= 11 is 6.10. The fourth-order valence-electron chi connectivity index (χ4n) is 3.80. The van der Waals surface area contributed by atoms with E-state index in [4.69, 9.17) is 11.6 Å². The van der Waals surface area contributed by atoms with E-state index in [-0.39, 0.29) is 17.9 Å². The number of amides is 1. The zero-order valence-electron chi connectivity index (χ0n) is 14.6. The van der Waals surface area contributed by atoms with E-state index in [1.807, 2.05) is 41.3 Å². The van der Waals surface area contributed by atoms with Crippen LogP contribution in [-0.4, -0.2) is 43.5 Å². The van der Waals surface area contributed by atoms with Crippen LogP contribution in [0.1, 0.15) is 11.6 Å². The SMILES string of the molecule is O=C(C1CNNC1c1ccccc1)N1CCN(c2cccc(Cl)c2)CC1. The van der Waals surface area contributed by atoms with Gasteiger partial charge >= 0.3 is 0 Å². The molecule has 0 bridgehead atoms. The maximum atomic E-state index is 13.1. The van der Waals surface area contributed by atoms with E-state index < -0.39 is 0 Å². The Morgan fingerprint density at radius 2 is 1.77 bits per heavy atom. The van der Waals surface area contributed by atoms with Gasteiger partial charge in [0.2, 0.25) is 5.91 Å². The highest BCUT2D eigenvalue weighted by Crippen LogP contribution is 2.27. The van der Waals surface area contributed by atoms with Crippen molar-refractivity contribution >= 4 is 23.2 Å². The number of hydrazine groups is 1. The van der Waals surface area contributed by atoms with Crippen molar-refractivity contribution in [2.24, 2.45) is 5.92 Å². The third-order valence-corrected chi connectivity index (χ3v) is 5.46. The first kappa shape index (κ1) is 17.3. The molecule has 2 aromatic carbocycles. The van der Waals surface area contributed by atoms with Gasteiger partial charge in [-0.25, -0.2) is 5.43 Å². The highest BCUT2D eigenvalue weighted by atomic mass is 35.5. The Morgan fingerprint density at radius 1 is 1.00 bits per heavy atom. The van der Waals surface area contributed by atoms with Gasteiger partial charge in [0, 0.05) is 43.4 Å². The first-order valence-electron chi connectivity index (χ1n) is 9.05. The molecule has 2 aliphatic heterocycles. The van der Waals surface area contributed by atoms with E-state index in [0.29, 0.717) is 6.54 Å². The van der Waals surface area contributed by atoms with Crippen LogP contribution < -0.4 is 15.8 Å². The van der Waals surface area contributed by atoms with E-state index in [1.165, 1.54) is 0 Å². The lowest BCUT2D eigenvalue weighted by Gasteiger charge is -2.37. The van der Waals surface area contributed by atoms with Crippen LogP contribution in [0.25, 0.3) is 0 Å². The Bertz CT molecular complexity index is 761. The molecule has 2 unspecified atom stereocenters. The number of nitrogens with zero attached hydrogens (tertiary/aromatic N) is 2. The molecule has 2 aromatic rings. The zero-order chi connectivity index (χ0) is 17.9. The Balaban J connectivity index is 1.40. The third kappa shape index (κ3) is 3.56. The summed E-state index contributed by atoms with van der Waals surface area (Å²) < 4.78 is 0. The van der Waals surface area contributed by atoms with E-state index in [0.717, 1.165) is 42.5 Å². The van der Waals surface area contributed by atoms with Gasteiger partial charge < -0.3 is 9.80 Å². The highest BCUT2D eigenvalue weighted by Gasteiger charge is 2.37. The van der Waals surface area contributed by atoms with Gasteiger partial charge in [-0.15, -0.1) is 0 Å². The first-order chi connectivity index (χ1) is 12.7. The van der Waals surface area contributed by atoms with Gasteiger partial charge in [0.05, 0.1) is 12.0 Å². The Labute approximate surface area is 158 Å². The maximum absolute atomic E-state index is 13.1. The van der Waals surface area contributed by atoms with Crippen molar-refractivity contribution in [3.05, 3.63) is 65.2 Å². The van der Waals surface area contributed by atoms with Crippen LogP contribution in [0.4, 0.5) is 5.69 Å². The molecule has 0 aromatic heterocycles. The van der Waals surface area contributed by atoms with Gasteiger partial charge in [-0.1, -0.05) is 48.0 Å². The summed E-state index contributed by atoms with van der Waals surface area (Å²) in [5.41, 5.74) is 8.69. The summed E-state index contributed by atoms with van der Waals surface area (Å²) in [4.78, 5) is 17.4. The molecular weight excluding hydrogens is 348 g/mol. The number of carbonyl (C=O) groups is 1. The second-order valence-electron chi connectivity index (χ2n) is 6.81. The predicted octanol–water partition coefficient (Wildman–Crippen LogP) is 2.45. The van der Waals surface area contributed by atoms with Crippen molar-refractivity contribution in [1.82, 2.24) is 15.8 Å².